The van der Waals surface area contributed by atoms with Gasteiger partial charge in [-0.25, -0.2) is 11.9 Å². The molecule has 0 bridgehead atoms. The van der Waals surface area contributed by atoms with Crippen LogP contribution in [-0.4, -0.2) is 28.7 Å². The Labute approximate surface area is 160 Å². The fourth-order valence-corrected chi connectivity index (χ4v) is 1.01. The van der Waals surface area contributed by atoms with Crippen LogP contribution in [0.15, 0.2) is 0 Å². The van der Waals surface area contributed by atoms with Crippen LogP contribution in [-0.2, 0) is 4.79 Å². The summed E-state index contributed by atoms with van der Waals surface area (Å²) in [4.78, 5) is 9.90. The summed E-state index contributed by atoms with van der Waals surface area (Å²) >= 11 is 3.39. The number of rotatable bonds is 1. The van der Waals surface area contributed by atoms with Crippen molar-refractivity contribution >= 4 is 42.5 Å². The van der Waals surface area contributed by atoms with E-state index in [2.05, 4.69) is 11.9 Å². The van der Waals surface area contributed by atoms with Gasteiger partial charge in [-0.15, -0.1) is 24.8 Å². The molecule has 20 heavy (non-hydrogen) atoms. The first kappa shape index (κ1) is 29.4. The Morgan fingerprint density at radius 3 is 1.40 bits per heavy atom. The zero-order valence-electron chi connectivity index (χ0n) is 11.9. The molecule has 0 aliphatic heterocycles. The number of carbonyl (C=O) groups excluding carboxylic acids is 1. The molecule has 4 nitrogen and oxygen atoms in total. The summed E-state index contributed by atoms with van der Waals surface area (Å²) in [6.45, 7) is 0.417. The van der Waals surface area contributed by atoms with Crippen LogP contribution in [0.1, 0.15) is 51.4 Å². The first-order valence-corrected chi connectivity index (χ1v) is 6.49. The van der Waals surface area contributed by atoms with Gasteiger partial charge >= 0.3 is 29.6 Å². The van der Waals surface area contributed by atoms with E-state index in [0.717, 1.165) is 32.1 Å². The summed E-state index contributed by atoms with van der Waals surface area (Å²) < 4.78 is 7.72. The van der Waals surface area contributed by atoms with E-state index in [-0.39, 0.29) is 60.5 Å². The van der Waals surface area contributed by atoms with Crippen LogP contribution >= 0.6 is 36.7 Å². The van der Waals surface area contributed by atoms with Crippen molar-refractivity contribution in [1.29, 1.82) is 0 Å². The number of halogens is 3. The quantitative estimate of drug-likeness (QED) is 0.588. The molecule has 0 amide bonds. The topological polar surface area (TPSA) is 80.6 Å². The van der Waals surface area contributed by atoms with Gasteiger partial charge in [0.15, 0.2) is 0 Å². The molecule has 0 aromatic carbocycles. The zero-order chi connectivity index (χ0) is 13.1. The molecule has 3 aliphatic rings. The summed E-state index contributed by atoms with van der Waals surface area (Å²) in [6, 6.07) is 0. The van der Waals surface area contributed by atoms with Crippen LogP contribution in [0.4, 0.5) is 0 Å². The Balaban J connectivity index is -0.0000000844. The van der Waals surface area contributed by atoms with Crippen LogP contribution in [0.2, 0.25) is 0 Å². The minimum atomic E-state index is 0. The Hall–Kier alpha value is 1.42. The largest absolute Gasteiger partial charge is 1.00 e. The average molecular weight is 362 g/mol. The zero-order valence-corrected chi connectivity index (χ0v) is 16.3. The van der Waals surface area contributed by atoms with Crippen LogP contribution < -0.4 is 34.2 Å². The van der Waals surface area contributed by atoms with Gasteiger partial charge in [0.2, 0.25) is 0 Å². The molecule has 3 rings (SSSR count). The van der Waals surface area contributed by atoms with Crippen molar-refractivity contribution in [2.75, 3.05) is 6.61 Å². The molecule has 0 atom stereocenters. The summed E-state index contributed by atoms with van der Waals surface area (Å²) in [5, 5.41) is 16.7. The van der Waals surface area contributed by atoms with E-state index >= 15 is 0 Å². The predicted octanol–water partition coefficient (Wildman–Crippen LogP) is -0.993. The van der Waals surface area contributed by atoms with E-state index in [9.17, 15) is 4.79 Å². The van der Waals surface area contributed by atoms with E-state index in [0.29, 0.717) is 18.3 Å². The maximum atomic E-state index is 9.90. The second kappa shape index (κ2) is 20.4. The molecule has 0 spiro atoms. The van der Waals surface area contributed by atoms with Gasteiger partial charge < -0.3 is 14.9 Å². The number of hydrogen-bond donors (Lipinski definition) is 2. The molecule has 0 heterocycles. The normalized spacial score (nSPS) is 18.1. The molecule has 3 fully saturated rings. The van der Waals surface area contributed by atoms with Crippen molar-refractivity contribution in [3.05, 3.63) is 0 Å². The fourth-order valence-electron chi connectivity index (χ4n) is 1.01. The number of carbonyl (C=O) groups is 1. The van der Waals surface area contributed by atoms with Crippen molar-refractivity contribution in [2.45, 2.75) is 57.5 Å². The van der Waals surface area contributed by atoms with E-state index < -0.39 is 0 Å². The van der Waals surface area contributed by atoms with E-state index in [1.165, 1.54) is 19.3 Å². The van der Waals surface area contributed by atoms with Gasteiger partial charge in [-0.3, -0.25) is 4.79 Å². The second-order valence-corrected chi connectivity index (χ2v) is 4.60. The number of aliphatic hydroxyl groups excluding tert-OH is 2. The number of aliphatic hydroxyl groups is 2. The number of Topliss-reactive ketones (excluding diaryl/α,β-unsaturated/α-hetero) is 1. The van der Waals surface area contributed by atoms with Crippen LogP contribution in [0, 0.1) is 5.92 Å². The van der Waals surface area contributed by atoms with Gasteiger partial charge in [-0.2, -0.15) is 0 Å². The van der Waals surface area contributed by atoms with Gasteiger partial charge in [0, 0.05) is 19.4 Å². The Bertz CT molecular complexity index is 197. The van der Waals surface area contributed by atoms with Crippen molar-refractivity contribution < 1.29 is 49.2 Å². The summed E-state index contributed by atoms with van der Waals surface area (Å²) in [5.74, 6) is 1.12. The summed E-state index contributed by atoms with van der Waals surface area (Å²) in [5.41, 5.74) is 0. The van der Waals surface area contributed by atoms with Gasteiger partial charge in [0.25, 0.3) is 0 Å². The molecular formula is C12H24Cl3NaO4. The third-order valence-corrected chi connectivity index (χ3v) is 2.94. The molecule has 0 aromatic rings. The molecule has 2 N–H and O–H groups in total. The van der Waals surface area contributed by atoms with E-state index in [1.54, 1.807) is 0 Å². The molecule has 3 aliphatic carbocycles. The van der Waals surface area contributed by atoms with Crippen LogP contribution in [0.3, 0.4) is 0 Å². The van der Waals surface area contributed by atoms with Gasteiger partial charge in [0.1, 0.15) is 5.78 Å². The van der Waals surface area contributed by atoms with Gasteiger partial charge in [0.05, 0.1) is 6.10 Å². The van der Waals surface area contributed by atoms with Crippen molar-refractivity contribution in [1.82, 2.24) is 0 Å². The SMILES string of the molecule is Cl.Cl.O=C1CCC1.OC1CCC1.OCC1CC1.[Na+].[O-]Cl. The fraction of sp³-hybridized carbons (Fsp3) is 0.917. The molecular weight excluding hydrogens is 337 g/mol. The second-order valence-electron chi connectivity index (χ2n) is 4.60. The molecule has 118 valence electrons. The van der Waals surface area contributed by atoms with Crippen molar-refractivity contribution in [2.24, 2.45) is 5.92 Å². The van der Waals surface area contributed by atoms with Crippen molar-refractivity contribution in [3.8, 4) is 0 Å². The molecule has 0 radical (unpaired) electrons. The van der Waals surface area contributed by atoms with Crippen LogP contribution in [0.5, 0.6) is 0 Å². The summed E-state index contributed by atoms with van der Waals surface area (Å²) in [6.07, 6.45) is 8.74. The third kappa shape index (κ3) is 19.4. The molecule has 0 unspecified atom stereocenters. The van der Waals surface area contributed by atoms with Crippen LogP contribution in [0.25, 0.3) is 0 Å². The smallest absolute Gasteiger partial charge is 0.769 e. The Morgan fingerprint density at radius 2 is 1.40 bits per heavy atom. The maximum absolute atomic E-state index is 9.90. The molecule has 0 saturated heterocycles. The standard InChI is InChI=1S/2C4H8O.C4H6O.ClO.2ClH.Na/c5-3-4-1-2-4;2*5-4-2-1-3-4;1-2;;;/h2*4-5H,1-3H2;1-3H2;;2*1H;/q;;;-1;;;+1. The number of hydrogen-bond acceptors (Lipinski definition) is 4. The Kier molecular flexibility index (Phi) is 30.1. The third-order valence-electron chi connectivity index (χ3n) is 2.94. The average Bonchev–Trinajstić information content (AvgIpc) is 3.11. The predicted molar refractivity (Wildman–Crippen MR) is 78.9 cm³/mol. The molecule has 8 heteroatoms. The number of ketones is 1. The first-order valence-electron chi connectivity index (χ1n) is 6.18. The minimum absolute atomic E-state index is 0. The maximum Gasteiger partial charge on any atom is 1.00 e. The molecule has 3 saturated carbocycles. The minimum Gasteiger partial charge on any atom is -0.769 e. The van der Waals surface area contributed by atoms with Gasteiger partial charge in [-0.1, -0.05) is 0 Å². The Morgan fingerprint density at radius 1 is 1.05 bits per heavy atom. The van der Waals surface area contributed by atoms with E-state index in [4.69, 9.17) is 14.9 Å². The van der Waals surface area contributed by atoms with Crippen molar-refractivity contribution in [3.63, 3.8) is 0 Å². The summed E-state index contributed by atoms with van der Waals surface area (Å²) in [7, 11) is 0. The first-order chi connectivity index (χ1) is 8.22. The van der Waals surface area contributed by atoms with E-state index in [1.807, 2.05) is 0 Å². The van der Waals surface area contributed by atoms with Gasteiger partial charge in [-0.05, 0) is 44.4 Å². The monoisotopic (exact) mass is 360 g/mol. The molecule has 0 aromatic heterocycles.